The van der Waals surface area contributed by atoms with Crippen molar-refractivity contribution >= 4 is 29.5 Å². The molecule has 0 aromatic heterocycles. The third-order valence-electron chi connectivity index (χ3n) is 7.23. The van der Waals surface area contributed by atoms with Crippen LogP contribution in [0.15, 0.2) is 58.3 Å². The van der Waals surface area contributed by atoms with Crippen molar-refractivity contribution in [2.24, 2.45) is 0 Å². The van der Waals surface area contributed by atoms with Crippen LogP contribution in [0.2, 0.25) is 0 Å². The molecule has 1 atom stereocenters. The Morgan fingerprint density at radius 3 is 2.24 bits per heavy atom. The summed E-state index contributed by atoms with van der Waals surface area (Å²) in [6.45, 7) is 7.24. The van der Waals surface area contributed by atoms with Crippen molar-refractivity contribution in [3.63, 3.8) is 0 Å². The van der Waals surface area contributed by atoms with Crippen molar-refractivity contribution in [3.8, 4) is 5.75 Å². The van der Waals surface area contributed by atoms with Gasteiger partial charge in [0.05, 0.1) is 13.0 Å². The molecule has 4 rings (SSSR count). The van der Waals surface area contributed by atoms with Gasteiger partial charge in [0.2, 0.25) is 0 Å². The van der Waals surface area contributed by atoms with Crippen LogP contribution in [-0.4, -0.2) is 72.2 Å². The van der Waals surface area contributed by atoms with E-state index in [0.717, 1.165) is 24.0 Å². The van der Waals surface area contributed by atoms with Crippen LogP contribution in [0, 0.1) is 0 Å². The largest absolute Gasteiger partial charge is 0.493 e. The number of piperazine rings is 1. The predicted molar refractivity (Wildman–Crippen MR) is 157 cm³/mol. The Morgan fingerprint density at radius 2 is 1.62 bits per heavy atom. The maximum atomic E-state index is 10.7. The van der Waals surface area contributed by atoms with Crippen LogP contribution in [-0.2, 0) is 4.79 Å². The Morgan fingerprint density at radius 1 is 0.973 bits per heavy atom. The number of aliphatic carboxylic acids is 1. The van der Waals surface area contributed by atoms with Crippen molar-refractivity contribution in [3.05, 3.63) is 54.1 Å². The Labute approximate surface area is 232 Å². The molecule has 1 heterocycles. The number of rotatable bonds is 9. The van der Waals surface area contributed by atoms with E-state index in [-0.39, 0.29) is 13.0 Å². The molecule has 0 amide bonds. The second-order valence-electron chi connectivity index (χ2n) is 9.94. The lowest BCUT2D eigenvalue weighted by Gasteiger charge is -2.41. The van der Waals surface area contributed by atoms with E-state index in [2.05, 4.69) is 47.1 Å². The van der Waals surface area contributed by atoms with E-state index in [4.69, 9.17) is 9.84 Å². The maximum Gasteiger partial charge on any atom is 0.306 e. The topological polar surface area (TPSA) is 53.0 Å². The van der Waals surface area contributed by atoms with Crippen molar-refractivity contribution in [1.29, 1.82) is 0 Å². The van der Waals surface area contributed by atoms with E-state index in [1.165, 1.54) is 62.1 Å². The molecular formula is C30H44N2O3S2. The number of hydrogen-bond acceptors (Lipinski definition) is 6. The predicted octanol–water partition coefficient (Wildman–Crippen LogP) is 7.07. The van der Waals surface area contributed by atoms with Crippen LogP contribution in [0.25, 0.3) is 0 Å². The number of carboxylic acid groups (broad SMARTS) is 1. The molecule has 204 valence electrons. The first-order valence-corrected chi connectivity index (χ1v) is 16.1. The van der Waals surface area contributed by atoms with Gasteiger partial charge in [-0.25, -0.2) is 0 Å². The van der Waals surface area contributed by atoms with Crippen LogP contribution in [0.1, 0.15) is 63.5 Å². The summed E-state index contributed by atoms with van der Waals surface area (Å²) in [4.78, 5) is 18.3. The number of thioether (sulfide) groups is 1. The number of hydrogen-bond donors (Lipinski definition) is 1. The summed E-state index contributed by atoms with van der Waals surface area (Å²) in [5, 5.41) is 8.77. The van der Waals surface area contributed by atoms with Crippen molar-refractivity contribution in [2.45, 2.75) is 73.7 Å². The summed E-state index contributed by atoms with van der Waals surface area (Å²) < 4.78 is 5.56. The zero-order valence-corrected chi connectivity index (χ0v) is 24.4. The van der Waals surface area contributed by atoms with Gasteiger partial charge in [0.1, 0.15) is 5.75 Å². The fourth-order valence-corrected chi connectivity index (χ4v) is 6.02. The van der Waals surface area contributed by atoms with Gasteiger partial charge in [0.15, 0.2) is 0 Å². The monoisotopic (exact) mass is 544 g/mol. The molecule has 1 aliphatic heterocycles. The van der Waals surface area contributed by atoms with Crippen LogP contribution in [0.4, 0.5) is 0 Å². The Bertz CT molecular complexity index is 925. The minimum atomic E-state index is -0.846. The average molecular weight is 545 g/mol. The van der Waals surface area contributed by atoms with E-state index in [1.54, 1.807) is 23.5 Å². The van der Waals surface area contributed by atoms with E-state index in [9.17, 15) is 4.79 Å². The highest BCUT2D eigenvalue weighted by atomic mass is 32.2. The third kappa shape index (κ3) is 10.2. The standard InChI is InChI=1S/C28H38N2O3S.C2H6S/c1-22(29-16-18-30(19-17-29)24-7-4-2-3-5-8-24)23-11-13-26(14-12-23)34-27-10-6-9-25(21-27)33-20-15-28(31)32;1-3-2/h6,9-14,21-22,24H,2-5,7-8,15-20H2,1H3,(H,31,32);1-2H3/t22-;/m0./s1. The quantitative estimate of drug-likeness (QED) is 0.339. The first-order chi connectivity index (χ1) is 18.0. The van der Waals surface area contributed by atoms with E-state index in [0.29, 0.717) is 11.8 Å². The molecule has 2 aromatic carbocycles. The van der Waals surface area contributed by atoms with E-state index in [1.807, 2.05) is 30.7 Å². The lowest BCUT2D eigenvalue weighted by molar-refractivity contribution is -0.137. The van der Waals surface area contributed by atoms with Gasteiger partial charge < -0.3 is 9.84 Å². The SMILES string of the molecule is CSC.C[C@@H](c1ccc(Sc2cccc(OCCC(=O)O)c2)cc1)N1CCN(C2CCCCCC2)CC1. The number of carboxylic acids is 1. The van der Waals surface area contributed by atoms with Crippen molar-refractivity contribution in [2.75, 3.05) is 45.3 Å². The van der Waals surface area contributed by atoms with Crippen LogP contribution < -0.4 is 4.74 Å². The second-order valence-corrected chi connectivity index (χ2v) is 11.9. The summed E-state index contributed by atoms with van der Waals surface area (Å²) in [5.74, 6) is -0.138. The van der Waals surface area contributed by atoms with Gasteiger partial charge in [0, 0.05) is 48.1 Å². The second kappa shape index (κ2) is 16.3. The summed E-state index contributed by atoms with van der Waals surface area (Å²) in [6, 6.07) is 18.0. The molecule has 2 aromatic rings. The Balaban J connectivity index is 0.00000121. The van der Waals surface area contributed by atoms with Gasteiger partial charge in [0.25, 0.3) is 0 Å². The molecule has 0 bridgehead atoms. The van der Waals surface area contributed by atoms with Gasteiger partial charge in [-0.1, -0.05) is 55.6 Å². The average Bonchev–Trinajstić information content (AvgIpc) is 3.19. The van der Waals surface area contributed by atoms with Crippen LogP contribution >= 0.6 is 23.5 Å². The lowest BCUT2D eigenvalue weighted by Crippen LogP contribution is -2.50. The number of ether oxygens (including phenoxy) is 1. The van der Waals surface area contributed by atoms with Gasteiger partial charge in [-0.05, 0) is 68.2 Å². The summed E-state index contributed by atoms with van der Waals surface area (Å²) in [7, 11) is 0. The number of benzene rings is 2. The molecule has 2 aliphatic rings. The zero-order chi connectivity index (χ0) is 26.5. The lowest BCUT2D eigenvalue weighted by atomic mass is 10.0. The minimum absolute atomic E-state index is 0.00659. The van der Waals surface area contributed by atoms with Gasteiger partial charge >= 0.3 is 5.97 Å². The maximum absolute atomic E-state index is 10.7. The first-order valence-electron chi connectivity index (χ1n) is 13.6. The number of carbonyl (C=O) groups is 1. The molecule has 0 unspecified atom stereocenters. The highest BCUT2D eigenvalue weighted by Crippen LogP contribution is 2.32. The summed E-state index contributed by atoms with van der Waals surface area (Å²) >= 11 is 3.45. The van der Waals surface area contributed by atoms with Gasteiger partial charge in [-0.2, -0.15) is 11.8 Å². The first kappa shape index (κ1) is 29.9. The van der Waals surface area contributed by atoms with E-state index >= 15 is 0 Å². The Hall–Kier alpha value is -1.67. The molecule has 2 fully saturated rings. The fraction of sp³-hybridized carbons (Fsp3) is 0.567. The molecule has 37 heavy (non-hydrogen) atoms. The van der Waals surface area contributed by atoms with Crippen LogP contribution in [0.5, 0.6) is 5.75 Å². The minimum Gasteiger partial charge on any atom is -0.493 e. The Kier molecular flexibility index (Phi) is 13.2. The highest BCUT2D eigenvalue weighted by molar-refractivity contribution is 7.99. The molecule has 1 aliphatic carbocycles. The summed E-state index contributed by atoms with van der Waals surface area (Å²) in [5.41, 5.74) is 1.37. The third-order valence-corrected chi connectivity index (χ3v) is 8.22. The number of nitrogens with zero attached hydrogens (tertiary/aromatic N) is 2. The van der Waals surface area contributed by atoms with E-state index < -0.39 is 5.97 Å². The van der Waals surface area contributed by atoms with Crippen LogP contribution in [0.3, 0.4) is 0 Å². The molecule has 7 heteroatoms. The molecule has 1 saturated heterocycles. The highest BCUT2D eigenvalue weighted by Gasteiger charge is 2.26. The van der Waals surface area contributed by atoms with Crippen molar-refractivity contribution in [1.82, 2.24) is 9.80 Å². The molecule has 0 radical (unpaired) electrons. The molecule has 5 nitrogen and oxygen atoms in total. The molecule has 0 spiro atoms. The smallest absolute Gasteiger partial charge is 0.306 e. The fourth-order valence-electron chi connectivity index (χ4n) is 5.16. The summed E-state index contributed by atoms with van der Waals surface area (Å²) in [6.07, 6.45) is 12.5. The zero-order valence-electron chi connectivity index (χ0n) is 22.7. The molecular weight excluding hydrogens is 500 g/mol. The van der Waals surface area contributed by atoms with Gasteiger partial charge in [-0.3, -0.25) is 14.6 Å². The van der Waals surface area contributed by atoms with Crippen molar-refractivity contribution < 1.29 is 14.6 Å². The molecule has 1 saturated carbocycles. The van der Waals surface area contributed by atoms with Gasteiger partial charge in [-0.15, -0.1) is 0 Å². The molecule has 1 N–H and O–H groups in total. The normalized spacial score (nSPS) is 18.4.